The van der Waals surface area contributed by atoms with Crippen molar-refractivity contribution in [1.82, 2.24) is 15.5 Å². The monoisotopic (exact) mass is 361 g/mol. The van der Waals surface area contributed by atoms with Crippen molar-refractivity contribution in [1.29, 1.82) is 0 Å². The largest absolute Gasteiger partial charge is 0.485 e. The highest BCUT2D eigenvalue weighted by Gasteiger charge is 2.30. The molecule has 130 valence electrons. The lowest BCUT2D eigenvalue weighted by Gasteiger charge is -2.25. The maximum Gasteiger partial charge on any atom is 0.277 e. The number of rotatable bonds is 5. The van der Waals surface area contributed by atoms with Gasteiger partial charge in [0.15, 0.2) is 11.5 Å². The first kappa shape index (κ1) is 15.9. The number of nitrogens with zero attached hydrogens (tertiary/aromatic N) is 2. The third-order valence-electron chi connectivity index (χ3n) is 3.74. The minimum atomic E-state index is -0.867. The number of amides is 2. The molecule has 9 heteroatoms. The molecular weight excluding hydrogens is 346 g/mol. The molecule has 2 aromatic rings. The van der Waals surface area contributed by atoms with E-state index < -0.39 is 17.9 Å². The van der Waals surface area contributed by atoms with Gasteiger partial charge < -0.3 is 13.9 Å². The second-order valence-corrected chi connectivity index (χ2v) is 6.67. The van der Waals surface area contributed by atoms with E-state index in [1.54, 1.807) is 18.2 Å². The van der Waals surface area contributed by atoms with Crippen LogP contribution in [0.4, 0.5) is 0 Å². The third kappa shape index (κ3) is 3.76. The van der Waals surface area contributed by atoms with E-state index in [4.69, 9.17) is 13.9 Å². The van der Waals surface area contributed by atoms with Crippen LogP contribution in [0.2, 0.25) is 0 Å². The van der Waals surface area contributed by atoms with E-state index in [-0.39, 0.29) is 12.4 Å². The molecule has 1 N–H and O–H groups in total. The molecule has 4 rings (SSSR count). The molecule has 2 aliphatic rings. The van der Waals surface area contributed by atoms with Gasteiger partial charge in [-0.25, -0.2) is 0 Å². The number of carbonyl (C=O) groups excluding carboxylic acids is 2. The van der Waals surface area contributed by atoms with E-state index in [2.05, 4.69) is 15.5 Å². The Labute approximate surface area is 147 Å². The number of imide groups is 1. The normalized spacial score (nSPS) is 18.6. The molecule has 8 nitrogen and oxygen atoms in total. The van der Waals surface area contributed by atoms with Crippen molar-refractivity contribution in [2.45, 2.75) is 30.1 Å². The molecule has 1 fully saturated rings. The van der Waals surface area contributed by atoms with E-state index in [0.717, 1.165) is 24.6 Å². The fourth-order valence-corrected chi connectivity index (χ4v) is 2.87. The van der Waals surface area contributed by atoms with Gasteiger partial charge in [0.25, 0.3) is 11.1 Å². The smallest absolute Gasteiger partial charge is 0.277 e. The molecule has 1 aliphatic heterocycles. The van der Waals surface area contributed by atoms with Crippen LogP contribution in [-0.4, -0.2) is 40.5 Å². The first-order chi connectivity index (χ1) is 12.2. The Bertz CT molecular complexity index is 805. The molecule has 0 spiro atoms. The summed E-state index contributed by atoms with van der Waals surface area (Å²) >= 11 is 1.10. The van der Waals surface area contributed by atoms with Crippen molar-refractivity contribution in [3.05, 3.63) is 30.2 Å². The van der Waals surface area contributed by atoms with Gasteiger partial charge in [0, 0.05) is 5.92 Å². The lowest BCUT2D eigenvalue weighted by Crippen LogP contribution is -2.46. The number of thioether (sulfide) groups is 1. The number of hydrogen-bond acceptors (Lipinski definition) is 8. The number of aromatic nitrogens is 2. The zero-order chi connectivity index (χ0) is 17.2. The summed E-state index contributed by atoms with van der Waals surface area (Å²) in [6, 6.07) is 7.06. The summed E-state index contributed by atoms with van der Waals surface area (Å²) in [5.74, 6) is 1.05. The fraction of sp³-hybridized carbons (Fsp3) is 0.375. The summed E-state index contributed by atoms with van der Waals surface area (Å²) in [6.07, 6.45) is 1.26. The van der Waals surface area contributed by atoms with Gasteiger partial charge in [0.2, 0.25) is 17.9 Å². The lowest BCUT2D eigenvalue weighted by atomic mass is 10.2. The van der Waals surface area contributed by atoms with Gasteiger partial charge >= 0.3 is 0 Å². The van der Waals surface area contributed by atoms with Crippen LogP contribution in [-0.2, 0) is 9.59 Å². The van der Waals surface area contributed by atoms with Gasteiger partial charge in [-0.3, -0.25) is 14.9 Å². The number of ether oxygens (including phenoxy) is 2. The number of hydrogen-bond donors (Lipinski definition) is 1. The van der Waals surface area contributed by atoms with Gasteiger partial charge in [-0.15, -0.1) is 10.2 Å². The SMILES string of the molecule is O=C(CSc1nnc(C2CC2)o1)NC(=O)[C@@H]1COc2ccccc2O1. The zero-order valence-corrected chi connectivity index (χ0v) is 14.0. The van der Waals surface area contributed by atoms with E-state index in [1.807, 2.05) is 6.07 Å². The summed E-state index contributed by atoms with van der Waals surface area (Å²) < 4.78 is 16.5. The van der Waals surface area contributed by atoms with Gasteiger partial charge in [0.05, 0.1) is 5.75 Å². The molecule has 1 aromatic carbocycles. The van der Waals surface area contributed by atoms with Gasteiger partial charge in [0.1, 0.15) is 6.61 Å². The highest BCUT2D eigenvalue weighted by atomic mass is 32.2. The minimum absolute atomic E-state index is 0.00219. The average molecular weight is 361 g/mol. The maximum atomic E-state index is 12.1. The molecule has 0 bridgehead atoms. The highest BCUT2D eigenvalue weighted by Crippen LogP contribution is 2.39. The zero-order valence-electron chi connectivity index (χ0n) is 13.1. The van der Waals surface area contributed by atoms with E-state index in [9.17, 15) is 9.59 Å². The molecule has 2 amide bonds. The second kappa shape index (κ2) is 6.75. The molecule has 1 atom stereocenters. The predicted octanol–water partition coefficient (Wildman–Crippen LogP) is 1.52. The second-order valence-electron chi connectivity index (χ2n) is 5.75. The Balaban J connectivity index is 1.26. The summed E-state index contributed by atoms with van der Waals surface area (Å²) in [4.78, 5) is 24.1. The molecule has 25 heavy (non-hydrogen) atoms. The third-order valence-corrected chi connectivity index (χ3v) is 4.56. The minimum Gasteiger partial charge on any atom is -0.485 e. The quantitative estimate of drug-likeness (QED) is 0.800. The van der Waals surface area contributed by atoms with Crippen molar-refractivity contribution in [2.24, 2.45) is 0 Å². The number of benzene rings is 1. The Morgan fingerprint density at radius 2 is 2.00 bits per heavy atom. The van der Waals surface area contributed by atoms with Crippen molar-refractivity contribution in [2.75, 3.05) is 12.4 Å². The van der Waals surface area contributed by atoms with Crippen LogP contribution in [0, 0.1) is 0 Å². The topological polar surface area (TPSA) is 104 Å². The van der Waals surface area contributed by atoms with Gasteiger partial charge in [-0.2, -0.15) is 0 Å². The highest BCUT2D eigenvalue weighted by molar-refractivity contribution is 7.99. The molecule has 0 saturated heterocycles. The molecule has 0 unspecified atom stereocenters. The summed E-state index contributed by atoms with van der Waals surface area (Å²) in [7, 11) is 0. The lowest BCUT2D eigenvalue weighted by molar-refractivity contribution is -0.135. The summed E-state index contributed by atoms with van der Waals surface area (Å²) in [5.41, 5.74) is 0. The van der Waals surface area contributed by atoms with Crippen LogP contribution in [0.3, 0.4) is 0 Å². The Morgan fingerprint density at radius 1 is 1.20 bits per heavy atom. The molecule has 2 heterocycles. The van der Waals surface area contributed by atoms with Crippen molar-refractivity contribution < 1.29 is 23.5 Å². The van der Waals surface area contributed by atoms with Crippen LogP contribution in [0.5, 0.6) is 11.5 Å². The molecular formula is C16H15N3O5S. The molecule has 1 aromatic heterocycles. The van der Waals surface area contributed by atoms with Gasteiger partial charge in [-0.1, -0.05) is 23.9 Å². The summed E-state index contributed by atoms with van der Waals surface area (Å²) in [5, 5.41) is 10.4. The Morgan fingerprint density at radius 3 is 2.80 bits per heavy atom. The summed E-state index contributed by atoms with van der Waals surface area (Å²) in [6.45, 7) is 0.0533. The molecule has 1 saturated carbocycles. The standard InChI is InChI=1S/C16H15N3O5S/c20-13(8-25-16-19-18-15(24-16)9-5-6-9)17-14(21)12-7-22-10-3-1-2-4-11(10)23-12/h1-4,9,12H,5-8H2,(H,17,20,21)/t12-/m0/s1. The fourth-order valence-electron chi connectivity index (χ4n) is 2.30. The number of para-hydroxylation sites is 2. The average Bonchev–Trinajstić information content (AvgIpc) is 3.38. The van der Waals surface area contributed by atoms with Gasteiger partial charge in [-0.05, 0) is 25.0 Å². The number of carbonyl (C=O) groups is 2. The van der Waals surface area contributed by atoms with Crippen LogP contribution < -0.4 is 14.8 Å². The van der Waals surface area contributed by atoms with Crippen molar-refractivity contribution in [3.8, 4) is 11.5 Å². The van der Waals surface area contributed by atoms with Crippen LogP contribution in [0.15, 0.2) is 33.9 Å². The van der Waals surface area contributed by atoms with Crippen LogP contribution in [0.1, 0.15) is 24.7 Å². The first-order valence-electron chi connectivity index (χ1n) is 7.87. The van der Waals surface area contributed by atoms with Crippen LogP contribution in [0.25, 0.3) is 0 Å². The number of nitrogens with one attached hydrogen (secondary N) is 1. The van der Waals surface area contributed by atoms with E-state index in [0.29, 0.717) is 28.5 Å². The van der Waals surface area contributed by atoms with E-state index in [1.165, 1.54) is 0 Å². The molecule has 1 aliphatic carbocycles. The predicted molar refractivity (Wildman–Crippen MR) is 86.5 cm³/mol. The first-order valence-corrected chi connectivity index (χ1v) is 8.86. The van der Waals surface area contributed by atoms with E-state index >= 15 is 0 Å². The number of fused-ring (bicyclic) bond motifs is 1. The van der Waals surface area contributed by atoms with Crippen molar-refractivity contribution >= 4 is 23.6 Å². The maximum absolute atomic E-state index is 12.1. The van der Waals surface area contributed by atoms with Crippen molar-refractivity contribution in [3.63, 3.8) is 0 Å². The molecule has 0 radical (unpaired) electrons. The Kier molecular flexibility index (Phi) is 4.31. The Hall–Kier alpha value is -2.55. The van der Waals surface area contributed by atoms with Crippen LogP contribution >= 0.6 is 11.8 Å².